The Morgan fingerprint density at radius 3 is 2.45 bits per heavy atom. The summed E-state index contributed by atoms with van der Waals surface area (Å²) in [4.78, 5) is 21.4. The molecule has 0 aliphatic rings. The van der Waals surface area contributed by atoms with Crippen LogP contribution in [0.3, 0.4) is 0 Å². The average molecular weight is 451 g/mol. The second-order valence-corrected chi connectivity index (χ2v) is 8.71. The largest absolute Gasteiger partial charge is 0.281 e. The van der Waals surface area contributed by atoms with Crippen molar-refractivity contribution in [2.24, 2.45) is 0 Å². The number of nitrogens with zero attached hydrogens (tertiary/aromatic N) is 4. The zero-order chi connectivity index (χ0) is 21.6. The fourth-order valence-corrected chi connectivity index (χ4v) is 4.52. The number of sulfonamides is 1. The summed E-state index contributed by atoms with van der Waals surface area (Å²) in [6, 6.07) is 18.0. The zero-order valence-electron chi connectivity index (χ0n) is 15.8. The summed E-state index contributed by atoms with van der Waals surface area (Å²) in [5.41, 5.74) is 0.820. The number of aromatic nitrogens is 5. The van der Waals surface area contributed by atoms with Crippen LogP contribution >= 0.6 is 12.2 Å². The number of benzene rings is 2. The second kappa shape index (κ2) is 7.15. The van der Waals surface area contributed by atoms with E-state index < -0.39 is 10.0 Å². The summed E-state index contributed by atoms with van der Waals surface area (Å²) in [7, 11) is -3.81. The van der Waals surface area contributed by atoms with Gasteiger partial charge in [0.1, 0.15) is 5.82 Å². The number of hydrogen-bond donors (Lipinski definition) is 2. The zero-order valence-corrected chi connectivity index (χ0v) is 17.4. The molecule has 9 nitrogen and oxygen atoms in total. The van der Waals surface area contributed by atoms with E-state index in [9.17, 15) is 13.2 Å². The van der Waals surface area contributed by atoms with Crippen LogP contribution in [0.4, 0.5) is 5.82 Å². The molecule has 5 aromatic rings. The molecular weight excluding hydrogens is 436 g/mol. The van der Waals surface area contributed by atoms with E-state index >= 15 is 0 Å². The predicted molar refractivity (Wildman–Crippen MR) is 119 cm³/mol. The molecule has 2 aromatic carbocycles. The van der Waals surface area contributed by atoms with Crippen molar-refractivity contribution in [1.29, 1.82) is 0 Å². The minimum atomic E-state index is -3.81. The van der Waals surface area contributed by atoms with Crippen molar-refractivity contribution in [3.8, 4) is 5.69 Å². The Labute approximate surface area is 180 Å². The molecule has 0 aliphatic heterocycles. The van der Waals surface area contributed by atoms with E-state index in [-0.39, 0.29) is 21.0 Å². The Hall–Kier alpha value is -3.83. The van der Waals surface area contributed by atoms with Crippen LogP contribution in [0.1, 0.15) is 0 Å². The topological polar surface area (TPSA) is 114 Å². The van der Waals surface area contributed by atoms with Gasteiger partial charge in [-0.2, -0.15) is 4.52 Å². The van der Waals surface area contributed by atoms with Gasteiger partial charge in [0.2, 0.25) is 5.78 Å². The molecule has 0 amide bonds. The number of rotatable bonds is 4. The van der Waals surface area contributed by atoms with E-state index in [2.05, 4.69) is 19.8 Å². The Bertz CT molecular complexity index is 1650. The third kappa shape index (κ3) is 3.29. The van der Waals surface area contributed by atoms with Crippen molar-refractivity contribution in [3.05, 3.63) is 88.1 Å². The van der Waals surface area contributed by atoms with Crippen LogP contribution in [0.15, 0.2) is 82.6 Å². The van der Waals surface area contributed by atoms with Crippen molar-refractivity contribution in [2.45, 2.75) is 4.90 Å². The summed E-state index contributed by atoms with van der Waals surface area (Å²) >= 11 is 5.40. The number of pyridine rings is 1. The number of anilines is 1. The van der Waals surface area contributed by atoms with Crippen LogP contribution in [-0.2, 0) is 10.0 Å². The molecule has 0 saturated carbocycles. The molecule has 31 heavy (non-hydrogen) atoms. The minimum Gasteiger partial charge on any atom is -0.267 e. The van der Waals surface area contributed by atoms with Crippen molar-refractivity contribution in [2.75, 3.05) is 4.72 Å². The summed E-state index contributed by atoms with van der Waals surface area (Å²) in [5, 5.41) is 3.31. The normalized spacial score (nSPS) is 11.7. The highest BCUT2D eigenvalue weighted by molar-refractivity contribution is 7.92. The molecule has 11 heteroatoms. The molecule has 0 unspecified atom stereocenters. The van der Waals surface area contributed by atoms with E-state index in [4.69, 9.17) is 12.2 Å². The van der Waals surface area contributed by atoms with Gasteiger partial charge in [0, 0.05) is 6.20 Å². The molecule has 154 valence electrons. The molecule has 5 rings (SSSR count). The first-order valence-corrected chi connectivity index (χ1v) is 11.0. The molecule has 0 saturated heterocycles. The van der Waals surface area contributed by atoms with Gasteiger partial charge in [-0.15, -0.1) is 0 Å². The lowest BCUT2D eigenvalue weighted by molar-refractivity contribution is 0.601. The highest BCUT2D eigenvalue weighted by Crippen LogP contribution is 2.19. The predicted octanol–water partition coefficient (Wildman–Crippen LogP) is 2.89. The van der Waals surface area contributed by atoms with Gasteiger partial charge < -0.3 is 0 Å². The molecule has 0 atom stereocenters. The van der Waals surface area contributed by atoms with Crippen LogP contribution in [0, 0.1) is 4.77 Å². The number of para-hydroxylation sites is 1. The van der Waals surface area contributed by atoms with Crippen molar-refractivity contribution < 1.29 is 8.42 Å². The van der Waals surface area contributed by atoms with Crippen LogP contribution in [0.25, 0.3) is 22.4 Å². The first-order valence-electron chi connectivity index (χ1n) is 9.11. The van der Waals surface area contributed by atoms with Gasteiger partial charge in [-0.3, -0.25) is 19.2 Å². The lowest BCUT2D eigenvalue weighted by atomic mass is 10.2. The smallest absolute Gasteiger partial charge is 0.267 e. The van der Waals surface area contributed by atoms with Crippen LogP contribution in [-0.4, -0.2) is 32.6 Å². The molecule has 3 heterocycles. The van der Waals surface area contributed by atoms with E-state index in [1.165, 1.54) is 22.8 Å². The van der Waals surface area contributed by atoms with Crippen molar-refractivity contribution in [3.63, 3.8) is 0 Å². The van der Waals surface area contributed by atoms with Gasteiger partial charge in [0.25, 0.3) is 15.6 Å². The third-order valence-corrected chi connectivity index (χ3v) is 6.32. The van der Waals surface area contributed by atoms with Gasteiger partial charge in [-0.05, 0) is 60.7 Å². The summed E-state index contributed by atoms with van der Waals surface area (Å²) in [6.45, 7) is 0. The molecule has 0 spiro atoms. The summed E-state index contributed by atoms with van der Waals surface area (Å²) in [5.74, 6) is 0.525. The standard InChI is InChI=1S/C20H14N6O3S2/c27-18-15-5-1-2-6-16(15)22-19-25(20(30)23-26(18)19)13-8-10-14(11-9-13)31(28,29)24-17-7-3-4-12-21-17/h1-12H,(H,21,24)(H,23,30). The molecule has 3 aromatic heterocycles. The maximum atomic E-state index is 12.8. The van der Waals surface area contributed by atoms with Crippen LogP contribution in [0.5, 0.6) is 0 Å². The van der Waals surface area contributed by atoms with Crippen molar-refractivity contribution in [1.82, 2.24) is 24.1 Å². The first-order chi connectivity index (χ1) is 14.9. The molecule has 0 bridgehead atoms. The number of nitrogens with one attached hydrogen (secondary N) is 2. The molecule has 0 radical (unpaired) electrons. The van der Waals surface area contributed by atoms with Gasteiger partial charge in [0.15, 0.2) is 4.77 Å². The Morgan fingerprint density at radius 2 is 1.71 bits per heavy atom. The number of fused-ring (bicyclic) bond motifs is 2. The van der Waals surface area contributed by atoms with E-state index in [1.807, 2.05) is 0 Å². The SMILES string of the molecule is O=c1c2ccccc2nc2n(-c3ccc(S(=O)(=O)Nc4ccccn4)cc3)c(=S)[nH]n12. The van der Waals surface area contributed by atoms with E-state index in [1.54, 1.807) is 59.2 Å². The Kier molecular flexibility index (Phi) is 4.41. The van der Waals surface area contributed by atoms with Crippen LogP contribution < -0.4 is 10.3 Å². The fourth-order valence-electron chi connectivity index (χ4n) is 3.24. The maximum Gasteiger partial charge on any atom is 0.281 e. The fraction of sp³-hybridized carbons (Fsp3) is 0. The van der Waals surface area contributed by atoms with Crippen LogP contribution in [0.2, 0.25) is 0 Å². The lowest BCUT2D eigenvalue weighted by Gasteiger charge is -2.09. The first kappa shape index (κ1) is 19.2. The van der Waals surface area contributed by atoms with Gasteiger partial charge >= 0.3 is 0 Å². The molecule has 0 aliphatic carbocycles. The Balaban J connectivity index is 1.59. The Morgan fingerprint density at radius 1 is 0.968 bits per heavy atom. The molecule has 2 N–H and O–H groups in total. The highest BCUT2D eigenvalue weighted by Gasteiger charge is 2.17. The minimum absolute atomic E-state index is 0.0591. The molecule has 0 fully saturated rings. The van der Waals surface area contributed by atoms with Gasteiger partial charge in [-0.25, -0.2) is 18.4 Å². The number of H-pyrrole nitrogens is 1. The average Bonchev–Trinajstić information content (AvgIpc) is 3.10. The molecular formula is C20H14N6O3S2. The number of aromatic amines is 1. The van der Waals surface area contributed by atoms with Gasteiger partial charge in [0.05, 0.1) is 21.5 Å². The highest BCUT2D eigenvalue weighted by atomic mass is 32.2. The number of hydrogen-bond acceptors (Lipinski definition) is 6. The monoisotopic (exact) mass is 450 g/mol. The quantitative estimate of drug-likeness (QED) is 0.407. The van der Waals surface area contributed by atoms with E-state index in [0.29, 0.717) is 22.4 Å². The maximum absolute atomic E-state index is 12.8. The second-order valence-electron chi connectivity index (χ2n) is 6.64. The summed E-state index contributed by atoms with van der Waals surface area (Å²) in [6.07, 6.45) is 1.50. The third-order valence-electron chi connectivity index (χ3n) is 4.68. The van der Waals surface area contributed by atoms with Crippen molar-refractivity contribution >= 4 is 44.7 Å². The van der Waals surface area contributed by atoms with Gasteiger partial charge in [-0.1, -0.05) is 18.2 Å². The van der Waals surface area contributed by atoms with E-state index in [0.717, 1.165) is 0 Å². The summed E-state index contributed by atoms with van der Waals surface area (Å²) < 4.78 is 30.8. The lowest BCUT2D eigenvalue weighted by Crippen LogP contribution is -2.16.